The maximum atomic E-state index is 12.4. The predicted molar refractivity (Wildman–Crippen MR) is 62.0 cm³/mol. The lowest BCUT2D eigenvalue weighted by Crippen LogP contribution is -2.37. The zero-order valence-electron chi connectivity index (χ0n) is 8.90. The van der Waals surface area contributed by atoms with Crippen molar-refractivity contribution < 1.29 is 9.53 Å². The Balaban J connectivity index is 2.11. The van der Waals surface area contributed by atoms with Crippen molar-refractivity contribution in [3.8, 4) is 0 Å². The Morgan fingerprint density at radius 1 is 1.31 bits per heavy atom. The fourth-order valence-corrected chi connectivity index (χ4v) is 2.34. The Hall–Kier alpha value is -1.83. The van der Waals surface area contributed by atoms with Crippen molar-refractivity contribution in [3.05, 3.63) is 53.8 Å². The third-order valence-electron chi connectivity index (χ3n) is 3.22. The molecular weight excluding hydrogens is 200 g/mol. The van der Waals surface area contributed by atoms with Crippen LogP contribution in [0.4, 0.5) is 0 Å². The smallest absolute Gasteiger partial charge is 0.210 e. The first-order chi connectivity index (χ1) is 7.71. The number of rotatable bonds is 0. The first-order valence-corrected chi connectivity index (χ1v) is 5.41. The molecule has 1 unspecified atom stereocenters. The summed E-state index contributed by atoms with van der Waals surface area (Å²) >= 11 is 0. The van der Waals surface area contributed by atoms with Gasteiger partial charge in [-0.25, -0.2) is 0 Å². The van der Waals surface area contributed by atoms with Gasteiger partial charge in [-0.3, -0.25) is 4.79 Å². The maximum Gasteiger partial charge on any atom is 0.210 e. The number of benzene rings is 1. The van der Waals surface area contributed by atoms with Crippen LogP contribution in [0, 0.1) is 0 Å². The van der Waals surface area contributed by atoms with Gasteiger partial charge in [0.15, 0.2) is 5.60 Å². The molecule has 0 radical (unpaired) electrons. The van der Waals surface area contributed by atoms with E-state index in [0.717, 1.165) is 17.5 Å². The van der Waals surface area contributed by atoms with Gasteiger partial charge in [0.2, 0.25) is 5.78 Å². The van der Waals surface area contributed by atoms with Gasteiger partial charge in [0.25, 0.3) is 0 Å². The van der Waals surface area contributed by atoms with Crippen molar-refractivity contribution in [2.45, 2.75) is 18.4 Å². The second-order valence-corrected chi connectivity index (χ2v) is 4.28. The first-order valence-electron chi connectivity index (χ1n) is 5.41. The number of hydrogen-bond acceptors (Lipinski definition) is 2. The zero-order chi connectivity index (χ0) is 11.2. The van der Waals surface area contributed by atoms with Gasteiger partial charge in [0.1, 0.15) is 0 Å². The van der Waals surface area contributed by atoms with E-state index < -0.39 is 5.60 Å². The van der Waals surface area contributed by atoms with Gasteiger partial charge >= 0.3 is 0 Å². The van der Waals surface area contributed by atoms with Crippen molar-refractivity contribution in [3.63, 3.8) is 0 Å². The summed E-state index contributed by atoms with van der Waals surface area (Å²) in [5, 5.41) is 0. The number of fused-ring (bicyclic) bond motifs is 1. The van der Waals surface area contributed by atoms with Crippen LogP contribution in [0.2, 0.25) is 0 Å². The van der Waals surface area contributed by atoms with Crippen LogP contribution in [0.5, 0.6) is 0 Å². The molecule has 1 heterocycles. The molecule has 1 fully saturated rings. The van der Waals surface area contributed by atoms with Crippen LogP contribution in [0.25, 0.3) is 6.08 Å². The summed E-state index contributed by atoms with van der Waals surface area (Å²) < 4.78 is 5.63. The van der Waals surface area contributed by atoms with Crippen LogP contribution in [0.15, 0.2) is 42.7 Å². The lowest BCUT2D eigenvalue weighted by Gasteiger charge is -2.27. The van der Waals surface area contributed by atoms with E-state index in [2.05, 4.69) is 6.58 Å². The summed E-state index contributed by atoms with van der Waals surface area (Å²) in [6, 6.07) is 7.62. The highest BCUT2D eigenvalue weighted by Crippen LogP contribution is 2.39. The topological polar surface area (TPSA) is 26.3 Å². The van der Waals surface area contributed by atoms with Crippen molar-refractivity contribution in [1.29, 1.82) is 0 Å². The molecule has 2 aliphatic rings. The average molecular weight is 212 g/mol. The third kappa shape index (κ3) is 1.16. The number of Topliss-reactive ketones (excluding diaryl/α,β-unsaturated/α-hetero) is 1. The summed E-state index contributed by atoms with van der Waals surface area (Å²) in [6.07, 6.45) is 5.30. The van der Waals surface area contributed by atoms with E-state index in [9.17, 15) is 4.79 Å². The van der Waals surface area contributed by atoms with Crippen LogP contribution in [-0.2, 0) is 4.74 Å². The number of hydrogen-bond donors (Lipinski definition) is 0. The van der Waals surface area contributed by atoms with Gasteiger partial charge < -0.3 is 4.74 Å². The van der Waals surface area contributed by atoms with Gasteiger partial charge in [0.05, 0.1) is 5.76 Å². The van der Waals surface area contributed by atoms with E-state index in [1.54, 1.807) is 0 Å². The van der Waals surface area contributed by atoms with Crippen LogP contribution >= 0.6 is 0 Å². The number of carbonyl (C=O) groups excluding carboxylic acids is 1. The minimum Gasteiger partial charge on any atom is -0.480 e. The molecular formula is C14H12O2. The van der Waals surface area contributed by atoms with Crippen molar-refractivity contribution >= 4 is 11.9 Å². The lowest BCUT2D eigenvalue weighted by molar-refractivity contribution is 0.0523. The molecule has 80 valence electrons. The molecule has 1 aliphatic carbocycles. The Bertz CT molecular complexity index is 513. The van der Waals surface area contributed by atoms with E-state index in [1.165, 1.54) is 0 Å². The molecule has 3 rings (SSSR count). The Morgan fingerprint density at radius 3 is 2.88 bits per heavy atom. The SMILES string of the molecule is C=C1CCC2(C=Cc3ccccc3C2=O)O1. The first kappa shape index (κ1) is 9.40. The molecule has 1 spiro atoms. The molecule has 2 heteroatoms. The molecule has 1 aromatic rings. The Morgan fingerprint density at radius 2 is 2.12 bits per heavy atom. The number of ketones is 1. The van der Waals surface area contributed by atoms with E-state index in [0.29, 0.717) is 12.2 Å². The largest absolute Gasteiger partial charge is 0.480 e. The van der Waals surface area contributed by atoms with Crippen LogP contribution in [0.1, 0.15) is 28.8 Å². The molecule has 1 atom stereocenters. The highest BCUT2D eigenvalue weighted by atomic mass is 16.5. The standard InChI is InChI=1S/C14H12O2/c1-10-6-8-14(16-10)9-7-11-4-2-3-5-12(11)13(14)15/h2-5,7,9H,1,6,8H2. The fraction of sp³-hybridized carbons (Fsp3) is 0.214. The van der Waals surface area contributed by atoms with E-state index in [1.807, 2.05) is 36.4 Å². The van der Waals surface area contributed by atoms with Gasteiger partial charge in [-0.2, -0.15) is 0 Å². The van der Waals surface area contributed by atoms with Crippen molar-refractivity contribution in [2.75, 3.05) is 0 Å². The minimum atomic E-state index is -0.772. The fourth-order valence-electron chi connectivity index (χ4n) is 2.34. The zero-order valence-corrected chi connectivity index (χ0v) is 8.90. The van der Waals surface area contributed by atoms with Gasteiger partial charge in [0, 0.05) is 18.4 Å². The van der Waals surface area contributed by atoms with E-state index >= 15 is 0 Å². The summed E-state index contributed by atoms with van der Waals surface area (Å²) in [6.45, 7) is 3.79. The Labute approximate surface area is 94.2 Å². The van der Waals surface area contributed by atoms with Crippen LogP contribution < -0.4 is 0 Å². The van der Waals surface area contributed by atoms with E-state index in [4.69, 9.17) is 4.74 Å². The molecule has 1 saturated heterocycles. The Kier molecular flexibility index (Phi) is 1.81. The molecule has 2 nitrogen and oxygen atoms in total. The third-order valence-corrected chi connectivity index (χ3v) is 3.22. The molecule has 0 aromatic heterocycles. The quantitative estimate of drug-likeness (QED) is 0.661. The molecule has 1 aromatic carbocycles. The summed E-state index contributed by atoms with van der Waals surface area (Å²) in [7, 11) is 0. The monoisotopic (exact) mass is 212 g/mol. The van der Waals surface area contributed by atoms with Gasteiger partial charge in [-0.1, -0.05) is 36.9 Å². The number of allylic oxidation sites excluding steroid dienone is 1. The van der Waals surface area contributed by atoms with Crippen molar-refractivity contribution in [1.82, 2.24) is 0 Å². The van der Waals surface area contributed by atoms with Gasteiger partial charge in [-0.05, 0) is 11.6 Å². The second kappa shape index (κ2) is 3.08. The highest BCUT2D eigenvalue weighted by molar-refractivity contribution is 6.09. The summed E-state index contributed by atoms with van der Waals surface area (Å²) in [5.41, 5.74) is 0.949. The maximum absolute atomic E-state index is 12.4. The number of ether oxygens (including phenoxy) is 1. The molecule has 0 saturated carbocycles. The molecule has 0 amide bonds. The molecule has 16 heavy (non-hydrogen) atoms. The van der Waals surface area contributed by atoms with Crippen LogP contribution in [-0.4, -0.2) is 11.4 Å². The second-order valence-electron chi connectivity index (χ2n) is 4.28. The molecule has 0 bridgehead atoms. The number of carbonyl (C=O) groups is 1. The molecule has 1 aliphatic heterocycles. The van der Waals surface area contributed by atoms with E-state index in [-0.39, 0.29) is 5.78 Å². The summed E-state index contributed by atoms with van der Waals surface area (Å²) in [4.78, 5) is 12.4. The molecule has 0 N–H and O–H groups in total. The van der Waals surface area contributed by atoms with Crippen molar-refractivity contribution in [2.24, 2.45) is 0 Å². The van der Waals surface area contributed by atoms with Crippen LogP contribution in [0.3, 0.4) is 0 Å². The predicted octanol–water partition coefficient (Wildman–Crippen LogP) is 2.96. The van der Waals surface area contributed by atoms with Gasteiger partial charge in [-0.15, -0.1) is 0 Å². The average Bonchev–Trinajstić information content (AvgIpc) is 2.68. The highest BCUT2D eigenvalue weighted by Gasteiger charge is 2.45. The normalized spacial score (nSPS) is 27.0. The summed E-state index contributed by atoms with van der Waals surface area (Å²) in [5.74, 6) is 0.765. The lowest BCUT2D eigenvalue weighted by atomic mass is 9.83. The minimum absolute atomic E-state index is 0.0595.